The average Bonchev–Trinajstić information content (AvgIpc) is 3.39. The molecule has 8 atom stereocenters. The Morgan fingerprint density at radius 2 is 1.39 bits per heavy atom. The van der Waals surface area contributed by atoms with Crippen molar-refractivity contribution in [1.29, 1.82) is 0 Å². The molecule has 3 N–H and O–H groups in total. The monoisotopic (exact) mass is 541 g/mol. The lowest BCUT2D eigenvalue weighted by molar-refractivity contribution is -0.121. The quantitative estimate of drug-likeness (QED) is 0.399. The van der Waals surface area contributed by atoms with Gasteiger partial charge in [-0.2, -0.15) is 0 Å². The molecule has 0 aliphatic carbocycles. The Bertz CT molecular complexity index is 1290. The summed E-state index contributed by atoms with van der Waals surface area (Å²) in [7, 11) is 3.01. The number of carbonyl (C=O) groups is 1. The van der Waals surface area contributed by atoms with Crippen LogP contribution in [0.5, 0.6) is 0 Å². The number of rotatable bonds is 6. The summed E-state index contributed by atoms with van der Waals surface area (Å²) >= 11 is 0. The molecule has 2 aliphatic heterocycles. The van der Waals surface area contributed by atoms with Crippen molar-refractivity contribution in [2.45, 2.75) is 64.5 Å². The molecule has 0 amide bonds. The molecule has 14 nitrogen and oxygen atoms in total. The van der Waals surface area contributed by atoms with Crippen molar-refractivity contribution >= 4 is 6.29 Å². The van der Waals surface area contributed by atoms with E-state index in [0.29, 0.717) is 13.2 Å². The maximum Gasteiger partial charge on any atom is 0.330 e. The van der Waals surface area contributed by atoms with Gasteiger partial charge >= 0.3 is 11.4 Å². The Morgan fingerprint density at radius 3 is 1.79 bits per heavy atom. The molecular formula is C24H36N4O10. The second-order valence-electron chi connectivity index (χ2n) is 8.53. The van der Waals surface area contributed by atoms with Crippen LogP contribution in [0.1, 0.15) is 41.5 Å². The average molecular weight is 542 g/mol. The number of aliphatic hydroxyl groups is 1. The van der Waals surface area contributed by atoms with Crippen molar-refractivity contribution in [3.05, 3.63) is 66.2 Å². The third-order valence-corrected chi connectivity index (χ3v) is 6.42. The van der Waals surface area contributed by atoms with Crippen molar-refractivity contribution in [2.75, 3.05) is 20.8 Å². The molecule has 2 fully saturated rings. The molecule has 0 saturated carbocycles. The Morgan fingerprint density at radius 1 is 0.947 bits per heavy atom. The van der Waals surface area contributed by atoms with E-state index in [1.165, 1.54) is 47.9 Å². The number of nitrogens with zero attached hydrogens (tertiary/aromatic N) is 2. The van der Waals surface area contributed by atoms with E-state index < -0.39 is 53.3 Å². The molecule has 0 bridgehead atoms. The summed E-state index contributed by atoms with van der Waals surface area (Å²) in [5.41, 5.74) is -2.09. The molecular weight excluding hydrogens is 504 g/mol. The Labute approximate surface area is 219 Å². The fraction of sp³-hybridized carbons (Fsp3) is 0.625. The van der Waals surface area contributed by atoms with Gasteiger partial charge in [0.2, 0.25) is 0 Å². The summed E-state index contributed by atoms with van der Waals surface area (Å²) in [6, 6.07) is 2.46. The minimum absolute atomic E-state index is 0.0520. The van der Waals surface area contributed by atoms with E-state index in [9.17, 15) is 29.1 Å². The molecule has 2 aromatic rings. The SMILES string of the molecule is COC1[C@@H](C)[C@@H](C=O)O[C@H]1n1ccc(=O)[nH]c1=O.COC1[C@@H](C)[C@@H](CO)O[C@H]1n1ccc(=O)[nH]c1=O.[2H]CC. The number of hydrogen-bond donors (Lipinski definition) is 3. The van der Waals surface area contributed by atoms with Crippen LogP contribution in [-0.4, -0.2) is 75.7 Å². The molecule has 2 aromatic heterocycles. The molecule has 212 valence electrons. The van der Waals surface area contributed by atoms with E-state index in [0.717, 1.165) is 0 Å². The predicted molar refractivity (Wildman–Crippen MR) is 135 cm³/mol. The molecule has 0 radical (unpaired) electrons. The first kappa shape index (κ1) is 29.4. The highest BCUT2D eigenvalue weighted by Crippen LogP contribution is 2.35. The van der Waals surface area contributed by atoms with Gasteiger partial charge in [-0.25, -0.2) is 9.59 Å². The minimum atomic E-state index is -0.718. The molecule has 0 aromatic carbocycles. The van der Waals surface area contributed by atoms with Gasteiger partial charge in [-0.1, -0.05) is 27.7 Å². The topological polar surface area (TPSA) is 184 Å². The number of aromatic amines is 2. The van der Waals surface area contributed by atoms with Gasteiger partial charge in [0.15, 0.2) is 12.5 Å². The summed E-state index contributed by atoms with van der Waals surface area (Å²) < 4.78 is 30.4. The van der Waals surface area contributed by atoms with Gasteiger partial charge in [0.1, 0.15) is 24.6 Å². The van der Waals surface area contributed by atoms with Gasteiger partial charge in [0.25, 0.3) is 11.1 Å². The molecule has 38 heavy (non-hydrogen) atoms. The fourth-order valence-electron chi connectivity index (χ4n) is 4.39. The Hall–Kier alpha value is -3.17. The van der Waals surface area contributed by atoms with Crippen LogP contribution < -0.4 is 22.5 Å². The van der Waals surface area contributed by atoms with E-state index >= 15 is 0 Å². The number of ether oxygens (including phenoxy) is 4. The molecule has 2 unspecified atom stereocenters. The van der Waals surface area contributed by atoms with Crippen LogP contribution in [0.15, 0.2) is 43.7 Å². The van der Waals surface area contributed by atoms with Crippen LogP contribution >= 0.6 is 0 Å². The first-order valence-corrected chi connectivity index (χ1v) is 11.9. The number of carbonyl (C=O) groups excluding carboxylic acids is 1. The van der Waals surface area contributed by atoms with E-state index in [2.05, 4.69) is 9.97 Å². The summed E-state index contributed by atoms with van der Waals surface area (Å²) in [5.74, 6) is -0.222. The normalized spacial score (nSPS) is 30.4. The predicted octanol–water partition coefficient (Wildman–Crippen LogP) is -0.612. The number of aromatic nitrogens is 4. The first-order valence-electron chi connectivity index (χ1n) is 12.6. The number of aldehydes is 1. The highest BCUT2D eigenvalue weighted by molar-refractivity contribution is 5.57. The van der Waals surface area contributed by atoms with Gasteiger partial charge < -0.3 is 28.8 Å². The lowest BCUT2D eigenvalue weighted by atomic mass is 10.0. The minimum Gasteiger partial charge on any atom is -0.394 e. The van der Waals surface area contributed by atoms with Crippen LogP contribution in [0.4, 0.5) is 0 Å². The number of hydrogen-bond acceptors (Lipinski definition) is 10. The lowest BCUT2D eigenvalue weighted by Gasteiger charge is -2.20. The van der Waals surface area contributed by atoms with Gasteiger partial charge in [-0.15, -0.1) is 0 Å². The molecule has 4 heterocycles. The highest BCUT2D eigenvalue weighted by Gasteiger charge is 2.44. The van der Waals surface area contributed by atoms with Gasteiger partial charge in [0, 0.05) is 52.0 Å². The summed E-state index contributed by atoms with van der Waals surface area (Å²) in [6.07, 6.45) is 0.221. The third kappa shape index (κ3) is 6.63. The van der Waals surface area contributed by atoms with Crippen LogP contribution in [0.25, 0.3) is 0 Å². The third-order valence-electron chi connectivity index (χ3n) is 6.42. The number of nitrogens with one attached hydrogen (secondary N) is 2. The van der Waals surface area contributed by atoms with E-state index in [1.807, 2.05) is 13.8 Å². The van der Waals surface area contributed by atoms with E-state index in [1.54, 1.807) is 6.92 Å². The van der Waals surface area contributed by atoms with E-state index in [4.69, 9.17) is 20.3 Å². The molecule has 4 rings (SSSR count). The zero-order valence-corrected chi connectivity index (χ0v) is 21.9. The van der Waals surface area contributed by atoms with Crippen LogP contribution in [-0.2, 0) is 23.7 Å². The maximum absolute atomic E-state index is 11.7. The maximum atomic E-state index is 11.7. The van der Waals surface area contributed by atoms with Crippen molar-refractivity contribution in [1.82, 2.24) is 19.1 Å². The van der Waals surface area contributed by atoms with Crippen molar-refractivity contribution in [3.63, 3.8) is 0 Å². The van der Waals surface area contributed by atoms with Crippen molar-refractivity contribution < 1.29 is 30.2 Å². The van der Waals surface area contributed by atoms with Crippen LogP contribution in [0.2, 0.25) is 0 Å². The van der Waals surface area contributed by atoms with Gasteiger partial charge in [0.05, 0.1) is 12.7 Å². The zero-order valence-electron chi connectivity index (χ0n) is 22.9. The summed E-state index contributed by atoms with van der Waals surface area (Å²) in [4.78, 5) is 60.5. The first-order chi connectivity index (χ1) is 18.6. The van der Waals surface area contributed by atoms with Crippen molar-refractivity contribution in [3.8, 4) is 0 Å². The van der Waals surface area contributed by atoms with Crippen LogP contribution in [0, 0.1) is 11.8 Å². The molecule has 14 heteroatoms. The Kier molecular flexibility index (Phi) is 10.9. The second-order valence-corrected chi connectivity index (χ2v) is 8.53. The highest BCUT2D eigenvalue weighted by atomic mass is 16.6. The van der Waals surface area contributed by atoms with Crippen LogP contribution in [0.3, 0.4) is 0 Å². The second kappa shape index (κ2) is 14.1. The largest absolute Gasteiger partial charge is 0.394 e. The Balaban J connectivity index is 0.000000249. The van der Waals surface area contributed by atoms with Gasteiger partial charge in [-0.05, 0) is 0 Å². The molecule has 0 spiro atoms. The molecule has 2 aliphatic rings. The standard InChI is InChI=1S/C11H16N2O5.C11H14N2O5.C2H6/c2*1-6-7(5-14)18-10(9(6)17-2)13-4-3-8(15)12-11(13)16;1-2/h3-4,6-7,9-10,14H,5H2,1-2H3,(H,12,15,16);3-7,9-10H,1-2H3,(H,12,15,16);1-2H3/t2*6-,7+,9?,10+;/m00./s1/i;;1D. The smallest absolute Gasteiger partial charge is 0.330 e. The van der Waals surface area contributed by atoms with Crippen molar-refractivity contribution in [2.24, 2.45) is 11.8 Å². The number of H-pyrrole nitrogens is 2. The fourth-order valence-corrected chi connectivity index (χ4v) is 4.39. The number of aliphatic hydroxyl groups excluding tert-OH is 1. The zero-order chi connectivity index (χ0) is 29.3. The van der Waals surface area contributed by atoms with Gasteiger partial charge in [-0.3, -0.25) is 28.7 Å². The summed E-state index contributed by atoms with van der Waals surface area (Å²) in [5, 5.41) is 9.20. The molecule has 2 saturated heterocycles. The summed E-state index contributed by atoms with van der Waals surface area (Å²) in [6.45, 7) is 5.84. The number of methoxy groups -OCH3 is 2. The van der Waals surface area contributed by atoms with E-state index in [-0.39, 0.29) is 24.5 Å². The lowest BCUT2D eigenvalue weighted by Crippen LogP contribution is -2.36.